The number of fused-ring (bicyclic) bond motifs is 1. The molecule has 0 bridgehead atoms. The molecule has 504 valence electrons. The molecule has 0 spiro atoms. The van der Waals surface area contributed by atoms with E-state index >= 15 is 0 Å². The molecule has 2 aromatic carbocycles. The topological polar surface area (TPSA) is 351 Å². The monoisotopic (exact) mass is 1260 g/mol. The van der Waals surface area contributed by atoms with Gasteiger partial charge in [0.25, 0.3) is 0 Å². The number of Topliss-reactive ketones (excluding diaryl/α,β-unsaturated/α-hetero) is 8. The van der Waals surface area contributed by atoms with Gasteiger partial charge in [-0.15, -0.1) is 0 Å². The molecular formula is C69H111N9O12. The number of amides is 2. The average Bonchev–Trinajstić information content (AvgIpc) is 1.86. The van der Waals surface area contributed by atoms with E-state index in [1.54, 1.807) is 13.8 Å². The number of nitrogens with one attached hydrogen (secondary N) is 7. The minimum atomic E-state index is -1.50. The lowest BCUT2D eigenvalue weighted by atomic mass is 9.86. The Morgan fingerprint density at radius 3 is 1.66 bits per heavy atom. The number of allylic oxidation sites excluding steroid dienone is 2. The Morgan fingerprint density at radius 2 is 1.13 bits per heavy atom. The standard InChI is InChI=1S/C47H79N5O7.C19H26N4O4.C3H6O/c1-11-38(27-26-32(2)3)44(58)51-47(10,36(8)55)29-23-18-16-14-12-13-15-17-22-28-46(9,35(7)54)50-39(30-33(4)5)42(56)43(57)41(34(6)53)49-45(59)40(52-48)31-37-24-20-19-21-25-37;1-10(18(26)19(27)17(23-20)12(3)25)22-16(11(2)24)8-13-9-21-15-7-5-4-6-14(13)15;1-3(2)4/h14,16,19-21,24-25,32-34,38-41,50,52-53H,11-13,15,17-18,22-23,26-31,48H2,1-10H3,(H,49,59)(H,51,58);4-7,9-10,12,16-17,21-23,25H,8,20H2,1-3H3;1-2H3/b16-14+;;/t34-,38+,39+,40+,41+,46-,47+;10?,12-,16+,17+;/m11./s1. The maximum Gasteiger partial charge on any atom is 0.239 e. The summed E-state index contributed by atoms with van der Waals surface area (Å²) in [6, 6.07) is 10.8. The van der Waals surface area contributed by atoms with Crippen LogP contribution in [0.15, 0.2) is 72.9 Å². The Kier molecular flexibility index (Phi) is 38.1. The zero-order valence-electron chi connectivity index (χ0n) is 56.5. The molecule has 3 rings (SSSR count). The molecule has 90 heavy (non-hydrogen) atoms. The first-order valence-corrected chi connectivity index (χ1v) is 32.0. The normalized spacial score (nSPS) is 15.8. The minimum absolute atomic E-state index is 0.00211. The molecule has 0 aliphatic heterocycles. The van der Waals surface area contributed by atoms with Crippen LogP contribution in [0.4, 0.5) is 0 Å². The lowest BCUT2D eigenvalue weighted by molar-refractivity contribution is -0.142. The van der Waals surface area contributed by atoms with E-state index in [-0.39, 0.29) is 53.7 Å². The van der Waals surface area contributed by atoms with Crippen molar-refractivity contribution in [2.75, 3.05) is 0 Å². The second-order valence-electron chi connectivity index (χ2n) is 25.5. The highest BCUT2D eigenvalue weighted by atomic mass is 16.3. The van der Waals surface area contributed by atoms with Gasteiger partial charge >= 0.3 is 0 Å². The highest BCUT2D eigenvalue weighted by Crippen LogP contribution is 2.24. The number of para-hydroxylation sites is 1. The van der Waals surface area contributed by atoms with Gasteiger partial charge in [0.2, 0.25) is 34.9 Å². The molecule has 0 aliphatic carbocycles. The van der Waals surface area contributed by atoms with Gasteiger partial charge in [-0.2, -0.15) is 0 Å². The van der Waals surface area contributed by atoms with Crippen LogP contribution < -0.4 is 43.8 Å². The number of benzene rings is 2. The Morgan fingerprint density at radius 1 is 0.589 bits per heavy atom. The largest absolute Gasteiger partial charge is 0.391 e. The summed E-state index contributed by atoms with van der Waals surface area (Å²) in [5.41, 5.74) is 5.41. The van der Waals surface area contributed by atoms with E-state index < -0.39 is 88.6 Å². The molecule has 0 saturated heterocycles. The molecule has 0 saturated carbocycles. The third kappa shape index (κ3) is 29.3. The maximum atomic E-state index is 13.8. The van der Waals surface area contributed by atoms with Crippen LogP contribution in [0.25, 0.3) is 10.9 Å². The SMILES string of the molecule is CC(=O)[C@H](Cc1c[nH]c2ccccc12)NC(C)C(=O)C(=O)[C@@H](NN)[C@@H](C)O.CC(C)=O.CC[C@@H](CCC(C)C)C(=O)N[C@@](C)(CCC/C=C/CCCCCC[C@@](C)(N[C@@H](CC(C)C)C(=O)C(=O)[C@@H](NC(=O)[C@H](Cc1ccccc1)NN)[C@@H](C)O)C(C)=O)C(C)=O. The molecule has 13 N–H and O–H groups in total. The average molecular weight is 1260 g/mol. The number of nitrogens with two attached hydrogens (primary N) is 2. The molecule has 0 aliphatic rings. The lowest BCUT2D eigenvalue weighted by Gasteiger charge is -2.34. The molecule has 0 radical (unpaired) electrons. The van der Waals surface area contributed by atoms with Crippen LogP contribution in [0.3, 0.4) is 0 Å². The zero-order valence-corrected chi connectivity index (χ0v) is 56.5. The van der Waals surface area contributed by atoms with Crippen molar-refractivity contribution in [2.45, 2.75) is 260 Å². The van der Waals surface area contributed by atoms with Gasteiger partial charge in [0.1, 0.15) is 35.5 Å². The number of rotatable bonds is 42. The smallest absolute Gasteiger partial charge is 0.239 e. The number of unbranched alkanes of at least 4 members (excludes halogenated alkanes) is 5. The minimum Gasteiger partial charge on any atom is -0.391 e. The molecule has 2 amide bonds. The van der Waals surface area contributed by atoms with Crippen LogP contribution >= 0.6 is 0 Å². The van der Waals surface area contributed by atoms with Crippen LogP contribution in [-0.2, 0) is 60.8 Å². The fraction of sp³-hybridized carbons (Fsp3) is 0.623. The zero-order chi connectivity index (χ0) is 68.5. The van der Waals surface area contributed by atoms with Gasteiger partial charge < -0.3 is 30.6 Å². The van der Waals surface area contributed by atoms with E-state index in [1.807, 2.05) is 88.5 Å². The summed E-state index contributed by atoms with van der Waals surface area (Å²) in [6.07, 6.45) is 14.2. The van der Waals surface area contributed by atoms with Crippen LogP contribution in [0.1, 0.15) is 198 Å². The number of H-pyrrole nitrogens is 1. The number of aromatic amines is 1. The van der Waals surface area contributed by atoms with Crippen LogP contribution in [0.2, 0.25) is 0 Å². The summed E-state index contributed by atoms with van der Waals surface area (Å²) >= 11 is 0. The van der Waals surface area contributed by atoms with Gasteiger partial charge in [-0.25, -0.2) is 10.9 Å². The summed E-state index contributed by atoms with van der Waals surface area (Å²) in [5, 5.41) is 32.9. The number of hydrogen-bond donors (Lipinski definition) is 11. The molecule has 1 aromatic heterocycles. The Balaban J connectivity index is 0.00000107. The second kappa shape index (κ2) is 42.0. The van der Waals surface area contributed by atoms with E-state index in [0.717, 1.165) is 86.2 Å². The van der Waals surface area contributed by atoms with E-state index in [9.17, 15) is 58.2 Å². The molecule has 1 heterocycles. The van der Waals surface area contributed by atoms with Crippen LogP contribution in [0, 0.1) is 17.8 Å². The van der Waals surface area contributed by atoms with E-state index in [2.05, 4.69) is 63.1 Å². The first-order valence-electron chi connectivity index (χ1n) is 32.0. The molecule has 3 aromatic rings. The van der Waals surface area contributed by atoms with Gasteiger partial charge in [-0.1, -0.05) is 121 Å². The number of aromatic nitrogens is 1. The Labute approximate surface area is 535 Å². The molecule has 21 heteroatoms. The van der Waals surface area contributed by atoms with Crippen molar-refractivity contribution in [1.29, 1.82) is 0 Å². The van der Waals surface area contributed by atoms with Gasteiger partial charge in [-0.3, -0.25) is 65.5 Å². The number of ketones is 8. The fourth-order valence-electron chi connectivity index (χ4n) is 10.2. The van der Waals surface area contributed by atoms with Crippen molar-refractivity contribution in [3.63, 3.8) is 0 Å². The van der Waals surface area contributed by atoms with Gasteiger partial charge in [0.05, 0.1) is 41.4 Å². The highest BCUT2D eigenvalue weighted by Gasteiger charge is 2.41. The number of carbonyl (C=O) groups excluding carboxylic acids is 10. The van der Waals surface area contributed by atoms with Gasteiger partial charge in [0.15, 0.2) is 5.78 Å². The predicted molar refractivity (Wildman–Crippen MR) is 354 cm³/mol. The van der Waals surface area contributed by atoms with Crippen molar-refractivity contribution >= 4 is 69.0 Å². The van der Waals surface area contributed by atoms with Gasteiger partial charge in [0, 0.05) is 23.0 Å². The molecular weight excluding hydrogens is 1150 g/mol. The molecule has 1 unspecified atom stereocenters. The van der Waals surface area contributed by atoms with Crippen molar-refractivity contribution in [3.05, 3.63) is 84.1 Å². The summed E-state index contributed by atoms with van der Waals surface area (Å²) in [5.74, 6) is 7.22. The van der Waals surface area contributed by atoms with Crippen molar-refractivity contribution in [2.24, 2.45) is 29.4 Å². The Bertz CT molecular complexity index is 2780. The first-order chi connectivity index (χ1) is 42.2. The quantitative estimate of drug-likeness (QED) is 0.00893. The summed E-state index contributed by atoms with van der Waals surface area (Å²) in [6.45, 7) is 25.5. The third-order valence-electron chi connectivity index (χ3n) is 16.2. The number of aliphatic hydroxyl groups is 2. The highest BCUT2D eigenvalue weighted by molar-refractivity contribution is 6.42. The van der Waals surface area contributed by atoms with E-state index in [0.29, 0.717) is 25.2 Å². The number of hydrogen-bond acceptors (Lipinski definition) is 18. The second-order valence-corrected chi connectivity index (χ2v) is 25.5. The summed E-state index contributed by atoms with van der Waals surface area (Å²) < 4.78 is 0. The van der Waals surface area contributed by atoms with Crippen molar-refractivity contribution in [3.8, 4) is 0 Å². The number of carbonyl (C=O) groups is 10. The number of hydrazine groups is 2. The molecule has 0 fully saturated rings. The third-order valence-corrected chi connectivity index (χ3v) is 16.2. The predicted octanol–water partition coefficient (Wildman–Crippen LogP) is 7.00. The maximum absolute atomic E-state index is 13.8. The van der Waals surface area contributed by atoms with E-state index in [1.165, 1.54) is 48.5 Å². The van der Waals surface area contributed by atoms with Crippen LogP contribution in [-0.4, -0.2) is 133 Å². The fourth-order valence-corrected chi connectivity index (χ4v) is 10.2. The first kappa shape index (κ1) is 81.7. The Hall–Kier alpha value is -6.30. The molecule has 21 nitrogen and oxygen atoms in total. The lowest BCUT2D eigenvalue weighted by Crippen LogP contribution is -2.61. The number of aliphatic hydroxyl groups excluding tert-OH is 2. The summed E-state index contributed by atoms with van der Waals surface area (Å²) in [7, 11) is 0. The van der Waals surface area contributed by atoms with Crippen molar-refractivity contribution in [1.82, 2.24) is 37.1 Å². The van der Waals surface area contributed by atoms with E-state index in [4.69, 9.17) is 11.7 Å². The summed E-state index contributed by atoms with van der Waals surface area (Å²) in [4.78, 5) is 129. The van der Waals surface area contributed by atoms with Gasteiger partial charge in [-0.05, 0) is 169 Å². The van der Waals surface area contributed by atoms with Crippen molar-refractivity contribution < 1.29 is 58.2 Å². The molecule has 11 atom stereocenters. The van der Waals surface area contributed by atoms with Crippen LogP contribution in [0.5, 0.6) is 0 Å².